The van der Waals surface area contributed by atoms with Crippen LogP contribution in [-0.4, -0.2) is 30.9 Å². The molecular formula is C23H20N2O4S. The van der Waals surface area contributed by atoms with Gasteiger partial charge in [0, 0.05) is 17.9 Å². The molecule has 30 heavy (non-hydrogen) atoms. The molecule has 2 aromatic carbocycles. The fraction of sp³-hybridized carbons (Fsp3) is 0.0870. The van der Waals surface area contributed by atoms with Crippen LogP contribution in [0.25, 0.3) is 0 Å². The highest BCUT2D eigenvalue weighted by atomic mass is 32.1. The van der Waals surface area contributed by atoms with Crippen LogP contribution in [0.5, 0.6) is 0 Å². The van der Waals surface area contributed by atoms with Gasteiger partial charge >= 0.3 is 5.97 Å². The van der Waals surface area contributed by atoms with Gasteiger partial charge in [0.15, 0.2) is 6.61 Å². The normalized spacial score (nSPS) is 10.1. The Hall–Kier alpha value is -3.71. The Balaban J connectivity index is 1.57. The first-order valence-corrected chi connectivity index (χ1v) is 10.0. The number of nitrogens with zero attached hydrogens (tertiary/aromatic N) is 1. The zero-order valence-electron chi connectivity index (χ0n) is 16.1. The number of carbonyl (C=O) groups is 3. The maximum atomic E-state index is 12.5. The van der Waals surface area contributed by atoms with Crippen molar-refractivity contribution in [1.29, 1.82) is 0 Å². The fourth-order valence-corrected chi connectivity index (χ4v) is 3.29. The Labute approximate surface area is 178 Å². The molecule has 152 valence electrons. The van der Waals surface area contributed by atoms with E-state index in [2.05, 4.69) is 11.9 Å². The van der Waals surface area contributed by atoms with Gasteiger partial charge in [-0.1, -0.05) is 30.3 Å². The van der Waals surface area contributed by atoms with Gasteiger partial charge in [-0.25, -0.2) is 4.79 Å². The van der Waals surface area contributed by atoms with Crippen molar-refractivity contribution in [3.05, 3.63) is 95.2 Å². The van der Waals surface area contributed by atoms with Crippen molar-refractivity contribution in [2.75, 3.05) is 23.4 Å². The van der Waals surface area contributed by atoms with Gasteiger partial charge in [-0.3, -0.25) is 9.59 Å². The van der Waals surface area contributed by atoms with Crippen LogP contribution < -0.4 is 10.2 Å². The largest absolute Gasteiger partial charge is 0.452 e. The summed E-state index contributed by atoms with van der Waals surface area (Å²) in [6.45, 7) is 3.58. The van der Waals surface area contributed by atoms with Gasteiger partial charge in [0.2, 0.25) is 0 Å². The van der Waals surface area contributed by atoms with E-state index in [1.165, 1.54) is 28.4 Å². The third kappa shape index (κ3) is 5.42. The van der Waals surface area contributed by atoms with Crippen molar-refractivity contribution in [3.8, 4) is 0 Å². The van der Waals surface area contributed by atoms with Gasteiger partial charge in [-0.05, 0) is 47.8 Å². The van der Waals surface area contributed by atoms with Gasteiger partial charge in [0.25, 0.3) is 11.8 Å². The molecular weight excluding hydrogens is 400 g/mol. The average molecular weight is 420 g/mol. The molecule has 0 aliphatic rings. The van der Waals surface area contributed by atoms with E-state index in [9.17, 15) is 14.4 Å². The first-order valence-electron chi connectivity index (χ1n) is 9.17. The minimum atomic E-state index is -0.619. The number of hydrogen-bond acceptors (Lipinski definition) is 5. The molecule has 0 fully saturated rings. The standard InChI is InChI=1S/C23H20N2O4S/c1-2-14-25(19-7-4-3-5-8-19)21(26)16-29-23(28)17-10-12-18(13-11-17)24-22(27)20-9-6-15-30-20/h2-13,15H,1,14,16H2,(H,24,27). The second-order valence-corrected chi connectivity index (χ2v) is 7.16. The first-order chi connectivity index (χ1) is 14.6. The minimum absolute atomic E-state index is 0.214. The predicted molar refractivity (Wildman–Crippen MR) is 118 cm³/mol. The SMILES string of the molecule is C=CCN(C(=O)COC(=O)c1ccc(NC(=O)c2cccs2)cc1)c1ccccc1. The zero-order valence-corrected chi connectivity index (χ0v) is 16.9. The van der Waals surface area contributed by atoms with Crippen LogP contribution in [-0.2, 0) is 9.53 Å². The van der Waals surface area contributed by atoms with Crippen molar-refractivity contribution in [2.24, 2.45) is 0 Å². The Morgan fingerprint density at radius 3 is 2.37 bits per heavy atom. The highest BCUT2D eigenvalue weighted by Gasteiger charge is 2.17. The van der Waals surface area contributed by atoms with Crippen molar-refractivity contribution in [2.45, 2.75) is 0 Å². The second-order valence-electron chi connectivity index (χ2n) is 6.21. The van der Waals surface area contributed by atoms with E-state index in [0.29, 0.717) is 22.8 Å². The highest BCUT2D eigenvalue weighted by Crippen LogP contribution is 2.16. The second kappa shape index (κ2) is 10.2. The molecule has 1 N–H and O–H groups in total. The molecule has 3 rings (SSSR count). The number of rotatable bonds is 8. The molecule has 0 saturated heterocycles. The number of amides is 2. The predicted octanol–water partition coefficient (Wildman–Crippen LogP) is 4.38. The Bertz CT molecular complexity index is 1020. The van der Waals surface area contributed by atoms with Crippen molar-refractivity contribution in [3.63, 3.8) is 0 Å². The molecule has 0 spiro atoms. The lowest BCUT2D eigenvalue weighted by atomic mass is 10.2. The Morgan fingerprint density at radius 1 is 1.00 bits per heavy atom. The van der Waals surface area contributed by atoms with Gasteiger partial charge < -0.3 is 15.0 Å². The van der Waals surface area contributed by atoms with Crippen LogP contribution in [0.15, 0.2) is 84.8 Å². The molecule has 1 aromatic heterocycles. The molecule has 0 radical (unpaired) electrons. The summed E-state index contributed by atoms with van der Waals surface area (Å²) < 4.78 is 5.17. The van der Waals surface area contributed by atoms with E-state index in [-0.39, 0.29) is 17.4 Å². The molecule has 1 heterocycles. The number of benzene rings is 2. The van der Waals surface area contributed by atoms with Gasteiger partial charge in [0.1, 0.15) is 0 Å². The van der Waals surface area contributed by atoms with E-state index >= 15 is 0 Å². The molecule has 0 unspecified atom stereocenters. The summed E-state index contributed by atoms with van der Waals surface area (Å²) in [5.74, 6) is -1.19. The minimum Gasteiger partial charge on any atom is -0.452 e. The van der Waals surface area contributed by atoms with Gasteiger partial charge in [-0.15, -0.1) is 17.9 Å². The quantitative estimate of drug-likeness (QED) is 0.434. The monoisotopic (exact) mass is 420 g/mol. The molecule has 0 bridgehead atoms. The molecule has 0 atom stereocenters. The summed E-state index contributed by atoms with van der Waals surface area (Å²) in [6.07, 6.45) is 1.61. The number of ether oxygens (including phenoxy) is 1. The summed E-state index contributed by atoms with van der Waals surface area (Å²) in [6, 6.07) is 18.9. The lowest BCUT2D eigenvalue weighted by Gasteiger charge is -2.21. The van der Waals surface area contributed by atoms with Crippen LogP contribution >= 0.6 is 11.3 Å². The first kappa shape index (κ1) is 21.0. The van der Waals surface area contributed by atoms with E-state index in [1.54, 1.807) is 42.5 Å². The maximum Gasteiger partial charge on any atom is 0.338 e. The van der Waals surface area contributed by atoms with E-state index in [1.807, 2.05) is 23.6 Å². The lowest BCUT2D eigenvalue weighted by Crippen LogP contribution is -2.34. The molecule has 2 amide bonds. The summed E-state index contributed by atoms with van der Waals surface area (Å²) in [4.78, 5) is 38.9. The molecule has 7 heteroatoms. The van der Waals surface area contributed by atoms with Gasteiger partial charge in [-0.2, -0.15) is 0 Å². The summed E-state index contributed by atoms with van der Waals surface area (Å²) in [5, 5.41) is 4.58. The van der Waals surface area contributed by atoms with Crippen LogP contribution in [0.1, 0.15) is 20.0 Å². The molecule has 3 aromatic rings. The fourth-order valence-electron chi connectivity index (χ4n) is 2.67. The third-order valence-corrected chi connectivity index (χ3v) is 5.00. The molecule has 0 saturated carbocycles. The average Bonchev–Trinajstić information content (AvgIpc) is 3.32. The van der Waals surface area contributed by atoms with E-state index in [0.717, 1.165) is 0 Å². The molecule has 0 aliphatic heterocycles. The number of esters is 1. The number of carbonyl (C=O) groups excluding carboxylic acids is 3. The number of anilines is 2. The zero-order chi connectivity index (χ0) is 21.3. The smallest absolute Gasteiger partial charge is 0.338 e. The number of thiophene rings is 1. The number of para-hydroxylation sites is 1. The van der Waals surface area contributed by atoms with Crippen molar-refractivity contribution in [1.82, 2.24) is 0 Å². The van der Waals surface area contributed by atoms with Crippen LogP contribution in [0.3, 0.4) is 0 Å². The maximum absolute atomic E-state index is 12.5. The number of nitrogens with one attached hydrogen (secondary N) is 1. The third-order valence-electron chi connectivity index (χ3n) is 4.13. The molecule has 6 nitrogen and oxygen atoms in total. The number of hydrogen-bond donors (Lipinski definition) is 1. The molecule has 0 aliphatic carbocycles. The van der Waals surface area contributed by atoms with E-state index in [4.69, 9.17) is 4.74 Å². The highest BCUT2D eigenvalue weighted by molar-refractivity contribution is 7.12. The summed E-state index contributed by atoms with van der Waals surface area (Å²) >= 11 is 1.34. The lowest BCUT2D eigenvalue weighted by molar-refractivity contribution is -0.121. The van der Waals surface area contributed by atoms with Crippen LogP contribution in [0, 0.1) is 0 Å². The summed E-state index contributed by atoms with van der Waals surface area (Å²) in [7, 11) is 0. The van der Waals surface area contributed by atoms with Crippen molar-refractivity contribution < 1.29 is 19.1 Å². The topological polar surface area (TPSA) is 75.7 Å². The summed E-state index contributed by atoms with van der Waals surface area (Å²) in [5.41, 5.74) is 1.54. The Morgan fingerprint density at radius 2 is 1.73 bits per heavy atom. The Kier molecular flexibility index (Phi) is 7.13. The van der Waals surface area contributed by atoms with E-state index < -0.39 is 12.6 Å². The van der Waals surface area contributed by atoms with Crippen LogP contribution in [0.4, 0.5) is 11.4 Å². The van der Waals surface area contributed by atoms with Gasteiger partial charge in [0.05, 0.1) is 10.4 Å². The van der Waals surface area contributed by atoms with Crippen molar-refractivity contribution >= 4 is 40.5 Å². The van der Waals surface area contributed by atoms with Crippen LogP contribution in [0.2, 0.25) is 0 Å².